The molecule has 0 aliphatic carbocycles. The zero-order valence-corrected chi connectivity index (χ0v) is 27.1. The molecule has 0 saturated carbocycles. The first-order valence-corrected chi connectivity index (χ1v) is 16.5. The highest BCUT2D eigenvalue weighted by atomic mass is 16.3. The van der Waals surface area contributed by atoms with E-state index in [1.54, 1.807) is 0 Å². The van der Waals surface area contributed by atoms with E-state index in [9.17, 15) is 0 Å². The van der Waals surface area contributed by atoms with Crippen LogP contribution in [0.4, 0.5) is 17.1 Å². The van der Waals surface area contributed by atoms with Crippen molar-refractivity contribution in [3.63, 3.8) is 0 Å². The van der Waals surface area contributed by atoms with Crippen molar-refractivity contribution in [3.05, 3.63) is 182 Å². The summed E-state index contributed by atoms with van der Waals surface area (Å²) in [7, 11) is 0. The third-order valence-electron chi connectivity index (χ3n) is 9.16. The summed E-state index contributed by atoms with van der Waals surface area (Å²) in [5.41, 5.74) is 12.2. The average Bonchev–Trinajstić information content (AvgIpc) is 3.54. The Balaban J connectivity index is 1.40. The van der Waals surface area contributed by atoms with Gasteiger partial charge in [-0.15, -0.1) is 0 Å². The molecule has 8 aromatic rings. The molecule has 0 amide bonds. The van der Waals surface area contributed by atoms with Gasteiger partial charge in [0.1, 0.15) is 11.2 Å². The Bertz CT molecular complexity index is 2450. The Morgan fingerprint density at radius 2 is 1.21 bits per heavy atom. The standard InChI is InChI=1S/C46H35NO/c1-3-4-16-32(2)33-27-29-35(30-28-33)38-24-15-26-44-45(38)41-31-43(39-22-11-12-23-40(39)46(41)48-44)47(36-19-9-6-10-20-36)42-25-14-13-21-37(42)34-17-7-5-8-18-34/h3-31H,1-2H3/b4-3-,32-16+. The summed E-state index contributed by atoms with van der Waals surface area (Å²) in [6, 6.07) is 56.2. The van der Waals surface area contributed by atoms with Crippen molar-refractivity contribution >= 4 is 55.3 Å². The maximum absolute atomic E-state index is 6.74. The Morgan fingerprint density at radius 1 is 0.562 bits per heavy atom. The SMILES string of the molecule is C/C=C\C=C(/C)c1ccc(-c2cccc3oc4c5ccccc5c(N(c5ccccc5)c5ccccc5-c5ccccc5)cc4c23)cc1. The van der Waals surface area contributed by atoms with Crippen molar-refractivity contribution in [3.8, 4) is 22.3 Å². The van der Waals surface area contributed by atoms with Gasteiger partial charge in [0.2, 0.25) is 0 Å². The van der Waals surface area contributed by atoms with E-state index in [2.05, 4.69) is 188 Å². The minimum Gasteiger partial charge on any atom is -0.455 e. The largest absolute Gasteiger partial charge is 0.455 e. The molecule has 0 spiro atoms. The molecule has 0 atom stereocenters. The molecule has 1 heterocycles. The number of rotatable bonds is 7. The van der Waals surface area contributed by atoms with Crippen molar-refractivity contribution in [1.82, 2.24) is 0 Å². The van der Waals surface area contributed by atoms with Gasteiger partial charge in [-0.3, -0.25) is 0 Å². The Labute approximate surface area is 281 Å². The average molecular weight is 618 g/mol. The Morgan fingerprint density at radius 3 is 1.98 bits per heavy atom. The summed E-state index contributed by atoms with van der Waals surface area (Å²) >= 11 is 0. The van der Waals surface area contributed by atoms with Gasteiger partial charge in [-0.05, 0) is 72.0 Å². The van der Waals surface area contributed by atoms with Crippen LogP contribution in [0.25, 0.3) is 60.5 Å². The van der Waals surface area contributed by atoms with Gasteiger partial charge in [-0.25, -0.2) is 0 Å². The fourth-order valence-electron chi connectivity index (χ4n) is 6.82. The van der Waals surface area contributed by atoms with Gasteiger partial charge in [0.25, 0.3) is 0 Å². The Kier molecular flexibility index (Phi) is 7.68. The smallest absolute Gasteiger partial charge is 0.143 e. The molecular formula is C46H35NO. The Hall–Kier alpha value is -6.12. The van der Waals surface area contributed by atoms with Gasteiger partial charge in [0.15, 0.2) is 0 Å². The zero-order chi connectivity index (χ0) is 32.5. The predicted octanol–water partition coefficient (Wildman–Crippen LogP) is 13.5. The number of benzene rings is 7. The summed E-state index contributed by atoms with van der Waals surface area (Å²) < 4.78 is 6.74. The molecule has 0 saturated heterocycles. The van der Waals surface area contributed by atoms with Crippen LogP contribution in [-0.4, -0.2) is 0 Å². The van der Waals surface area contributed by atoms with Crippen LogP contribution in [-0.2, 0) is 0 Å². The second-order valence-corrected chi connectivity index (χ2v) is 12.1. The van der Waals surface area contributed by atoms with Crippen LogP contribution >= 0.6 is 0 Å². The molecule has 0 unspecified atom stereocenters. The van der Waals surface area contributed by atoms with E-state index >= 15 is 0 Å². The van der Waals surface area contributed by atoms with Crippen molar-refractivity contribution < 1.29 is 4.42 Å². The lowest BCUT2D eigenvalue weighted by molar-refractivity contribution is 0.673. The molecule has 1 aromatic heterocycles. The molecular weight excluding hydrogens is 583 g/mol. The number of hydrogen-bond acceptors (Lipinski definition) is 2. The number of fused-ring (bicyclic) bond motifs is 5. The molecule has 0 bridgehead atoms. The van der Waals surface area contributed by atoms with Gasteiger partial charge in [0, 0.05) is 32.8 Å². The van der Waals surface area contributed by atoms with E-state index in [-0.39, 0.29) is 0 Å². The lowest BCUT2D eigenvalue weighted by Crippen LogP contribution is -2.11. The van der Waals surface area contributed by atoms with Crippen LogP contribution in [0.5, 0.6) is 0 Å². The van der Waals surface area contributed by atoms with Crippen molar-refractivity contribution in [2.75, 3.05) is 4.90 Å². The highest BCUT2D eigenvalue weighted by Gasteiger charge is 2.23. The fraction of sp³-hybridized carbons (Fsp3) is 0.0435. The molecule has 7 aromatic carbocycles. The van der Waals surface area contributed by atoms with Crippen molar-refractivity contribution in [2.45, 2.75) is 13.8 Å². The van der Waals surface area contributed by atoms with Crippen LogP contribution in [0.15, 0.2) is 180 Å². The zero-order valence-electron chi connectivity index (χ0n) is 27.1. The molecule has 8 rings (SSSR count). The molecule has 48 heavy (non-hydrogen) atoms. The number of hydrogen-bond donors (Lipinski definition) is 0. The number of allylic oxidation sites excluding steroid dienone is 4. The maximum atomic E-state index is 6.74. The lowest BCUT2D eigenvalue weighted by atomic mass is 9.95. The monoisotopic (exact) mass is 617 g/mol. The van der Waals surface area contributed by atoms with E-state index in [1.165, 1.54) is 22.3 Å². The summed E-state index contributed by atoms with van der Waals surface area (Å²) in [6.07, 6.45) is 6.29. The topological polar surface area (TPSA) is 16.4 Å². The second-order valence-electron chi connectivity index (χ2n) is 12.1. The summed E-state index contributed by atoms with van der Waals surface area (Å²) in [6.45, 7) is 4.19. The number of para-hydroxylation sites is 2. The van der Waals surface area contributed by atoms with Gasteiger partial charge >= 0.3 is 0 Å². The highest BCUT2D eigenvalue weighted by molar-refractivity contribution is 6.22. The lowest BCUT2D eigenvalue weighted by Gasteiger charge is -2.29. The molecule has 2 heteroatoms. The molecule has 0 aliphatic heterocycles. The molecule has 0 radical (unpaired) electrons. The van der Waals surface area contributed by atoms with E-state index in [4.69, 9.17) is 4.42 Å². The van der Waals surface area contributed by atoms with Gasteiger partial charge in [0.05, 0.1) is 11.4 Å². The normalized spacial score (nSPS) is 12.0. The first-order chi connectivity index (χ1) is 23.7. The minimum atomic E-state index is 0.883. The van der Waals surface area contributed by atoms with E-state index in [1.807, 2.05) is 6.92 Å². The summed E-state index contributed by atoms with van der Waals surface area (Å²) in [5.74, 6) is 0. The summed E-state index contributed by atoms with van der Waals surface area (Å²) in [4.78, 5) is 2.40. The third kappa shape index (κ3) is 5.18. The molecule has 0 fully saturated rings. The molecule has 230 valence electrons. The van der Waals surface area contributed by atoms with E-state index in [0.717, 1.165) is 60.9 Å². The van der Waals surface area contributed by atoms with Gasteiger partial charge in [-0.1, -0.05) is 146 Å². The van der Waals surface area contributed by atoms with Crippen molar-refractivity contribution in [1.29, 1.82) is 0 Å². The first kappa shape index (κ1) is 29.3. The quantitative estimate of drug-likeness (QED) is 0.165. The van der Waals surface area contributed by atoms with Crippen LogP contribution in [0.1, 0.15) is 19.4 Å². The molecule has 0 aliphatic rings. The highest BCUT2D eigenvalue weighted by Crippen LogP contribution is 2.48. The van der Waals surface area contributed by atoms with E-state index < -0.39 is 0 Å². The van der Waals surface area contributed by atoms with Crippen molar-refractivity contribution in [2.24, 2.45) is 0 Å². The second kappa shape index (κ2) is 12.6. The number of nitrogens with zero attached hydrogens (tertiary/aromatic N) is 1. The molecule has 0 N–H and O–H groups in total. The van der Waals surface area contributed by atoms with E-state index in [0.29, 0.717) is 0 Å². The number of furan rings is 1. The fourth-order valence-corrected chi connectivity index (χ4v) is 6.82. The maximum Gasteiger partial charge on any atom is 0.143 e. The van der Waals surface area contributed by atoms with Crippen LogP contribution in [0.3, 0.4) is 0 Å². The predicted molar refractivity (Wildman–Crippen MR) is 205 cm³/mol. The van der Waals surface area contributed by atoms with Gasteiger partial charge in [-0.2, -0.15) is 0 Å². The summed E-state index contributed by atoms with van der Waals surface area (Å²) in [5, 5.41) is 4.44. The van der Waals surface area contributed by atoms with Crippen LogP contribution in [0, 0.1) is 0 Å². The third-order valence-corrected chi connectivity index (χ3v) is 9.16. The minimum absolute atomic E-state index is 0.883. The molecule has 2 nitrogen and oxygen atoms in total. The van der Waals surface area contributed by atoms with Gasteiger partial charge < -0.3 is 9.32 Å². The first-order valence-electron chi connectivity index (χ1n) is 16.5. The van der Waals surface area contributed by atoms with Crippen LogP contribution in [0.2, 0.25) is 0 Å². The number of anilines is 3. The van der Waals surface area contributed by atoms with Crippen LogP contribution < -0.4 is 4.90 Å².